The molecule has 0 aliphatic carbocycles. The first kappa shape index (κ1) is 16.1. The molecule has 2 fully saturated rings. The first-order valence-corrected chi connectivity index (χ1v) is 8.93. The molecule has 2 aromatic rings. The molecule has 25 heavy (non-hydrogen) atoms. The number of carbonyl (C=O) groups excluding carboxylic acids is 1. The normalized spacial score (nSPS) is 23.9. The minimum absolute atomic E-state index is 0.110. The number of hydrogen-bond acceptors (Lipinski definition) is 4. The Balaban J connectivity index is 1.51. The van der Waals surface area contributed by atoms with E-state index in [0.717, 1.165) is 50.5 Å². The fourth-order valence-electron chi connectivity index (χ4n) is 3.97. The highest BCUT2D eigenvalue weighted by Gasteiger charge is 2.36. The number of rotatable bonds is 2. The van der Waals surface area contributed by atoms with Gasteiger partial charge in [-0.1, -0.05) is 0 Å². The van der Waals surface area contributed by atoms with E-state index in [0.29, 0.717) is 6.04 Å². The molecule has 4 heterocycles. The number of pyridine rings is 1. The van der Waals surface area contributed by atoms with Crippen LogP contribution in [0, 0.1) is 0 Å². The van der Waals surface area contributed by atoms with Crippen molar-refractivity contribution in [3.63, 3.8) is 0 Å². The van der Waals surface area contributed by atoms with Gasteiger partial charge in [0, 0.05) is 39.1 Å². The number of nitrogens with zero attached hydrogens (tertiary/aromatic N) is 4. The summed E-state index contributed by atoms with van der Waals surface area (Å²) in [6.07, 6.45) is 7.58. The average molecular weight is 340 g/mol. The van der Waals surface area contributed by atoms with Crippen molar-refractivity contribution in [2.75, 3.05) is 31.1 Å². The van der Waals surface area contributed by atoms with E-state index in [1.54, 1.807) is 6.20 Å². The smallest absolute Gasteiger partial charge is 0.270 e. The molecule has 0 N–H and O–H groups in total. The van der Waals surface area contributed by atoms with Gasteiger partial charge in [0.15, 0.2) is 0 Å². The van der Waals surface area contributed by atoms with Crippen molar-refractivity contribution >= 4 is 11.6 Å². The maximum absolute atomic E-state index is 12.8. The molecular formula is C19H24N4O2. The van der Waals surface area contributed by atoms with Crippen LogP contribution in [0.4, 0.5) is 5.69 Å². The number of aryl methyl sites for hydroxylation is 1. The predicted octanol–water partition coefficient (Wildman–Crippen LogP) is 1.93. The van der Waals surface area contributed by atoms with Gasteiger partial charge in [0.2, 0.25) is 0 Å². The Morgan fingerprint density at radius 3 is 2.84 bits per heavy atom. The summed E-state index contributed by atoms with van der Waals surface area (Å²) in [5, 5.41) is 0. The van der Waals surface area contributed by atoms with Gasteiger partial charge in [0.25, 0.3) is 5.91 Å². The highest BCUT2D eigenvalue weighted by molar-refractivity contribution is 5.92. The van der Waals surface area contributed by atoms with Crippen LogP contribution in [-0.4, -0.2) is 58.7 Å². The number of fused-ring (bicyclic) bond motifs is 1. The molecule has 132 valence electrons. The molecule has 2 atom stereocenters. The Kier molecular flexibility index (Phi) is 4.44. The molecule has 6 heteroatoms. The van der Waals surface area contributed by atoms with Crippen LogP contribution in [0.3, 0.4) is 0 Å². The van der Waals surface area contributed by atoms with E-state index in [1.165, 1.54) is 0 Å². The summed E-state index contributed by atoms with van der Waals surface area (Å²) in [6, 6.07) is 8.18. The van der Waals surface area contributed by atoms with E-state index in [4.69, 9.17) is 4.74 Å². The van der Waals surface area contributed by atoms with Crippen LogP contribution in [0.25, 0.3) is 0 Å². The van der Waals surface area contributed by atoms with Gasteiger partial charge in [-0.3, -0.25) is 9.78 Å². The zero-order chi connectivity index (χ0) is 17.2. The minimum Gasteiger partial charge on any atom is -0.374 e. The molecule has 0 spiro atoms. The Labute approximate surface area is 148 Å². The number of hydrogen-bond donors (Lipinski definition) is 0. The maximum Gasteiger partial charge on any atom is 0.270 e. The standard InChI is InChI=1S/C19H24N4O2/c1-21-9-3-5-17(21)19(24)22-10-6-16-18(7-11-22)25-13-12-23(16)15-4-2-8-20-14-15/h2-5,8-9,14,16,18H,6-7,10-13H2,1H3. The fourth-order valence-corrected chi connectivity index (χ4v) is 3.97. The van der Waals surface area contributed by atoms with Crippen LogP contribution in [0.1, 0.15) is 23.3 Å². The summed E-state index contributed by atoms with van der Waals surface area (Å²) in [4.78, 5) is 21.5. The summed E-state index contributed by atoms with van der Waals surface area (Å²) in [6.45, 7) is 3.10. The number of morpholine rings is 1. The molecule has 0 bridgehead atoms. The summed E-state index contributed by atoms with van der Waals surface area (Å²) >= 11 is 0. The first-order valence-electron chi connectivity index (χ1n) is 8.93. The average Bonchev–Trinajstić information content (AvgIpc) is 2.96. The zero-order valence-electron chi connectivity index (χ0n) is 14.5. The van der Waals surface area contributed by atoms with Crippen molar-refractivity contribution < 1.29 is 9.53 Å². The van der Waals surface area contributed by atoms with Gasteiger partial charge in [-0.25, -0.2) is 0 Å². The minimum atomic E-state index is 0.110. The number of likely N-dealkylation sites (tertiary alicyclic amines) is 1. The Hall–Kier alpha value is -2.34. The number of ether oxygens (including phenoxy) is 1. The quantitative estimate of drug-likeness (QED) is 0.838. The van der Waals surface area contributed by atoms with E-state index in [2.05, 4.69) is 16.0 Å². The lowest BCUT2D eigenvalue weighted by atomic mass is 10.0. The lowest BCUT2D eigenvalue weighted by Gasteiger charge is -2.41. The third-order valence-electron chi connectivity index (χ3n) is 5.30. The Bertz CT molecular complexity index is 730. The monoisotopic (exact) mass is 340 g/mol. The van der Waals surface area contributed by atoms with Gasteiger partial charge in [0.1, 0.15) is 5.69 Å². The first-order chi connectivity index (χ1) is 12.2. The lowest BCUT2D eigenvalue weighted by Crippen LogP contribution is -2.51. The second kappa shape index (κ2) is 6.88. The molecule has 0 saturated carbocycles. The van der Waals surface area contributed by atoms with Crippen molar-refractivity contribution in [1.82, 2.24) is 14.5 Å². The van der Waals surface area contributed by atoms with E-state index in [1.807, 2.05) is 47.1 Å². The molecule has 2 saturated heterocycles. The maximum atomic E-state index is 12.8. The number of aromatic nitrogens is 2. The van der Waals surface area contributed by atoms with E-state index in [-0.39, 0.29) is 12.0 Å². The van der Waals surface area contributed by atoms with Gasteiger partial charge in [0.05, 0.1) is 30.6 Å². The molecule has 2 aliphatic heterocycles. The zero-order valence-corrected chi connectivity index (χ0v) is 14.5. The van der Waals surface area contributed by atoms with Crippen LogP contribution in [-0.2, 0) is 11.8 Å². The molecule has 0 radical (unpaired) electrons. The highest BCUT2D eigenvalue weighted by atomic mass is 16.5. The molecule has 6 nitrogen and oxygen atoms in total. The number of amides is 1. The lowest BCUT2D eigenvalue weighted by molar-refractivity contribution is 0.00906. The molecule has 2 unspecified atom stereocenters. The molecule has 4 rings (SSSR count). The van der Waals surface area contributed by atoms with Crippen molar-refractivity contribution in [3.8, 4) is 0 Å². The predicted molar refractivity (Wildman–Crippen MR) is 95.7 cm³/mol. The molecule has 2 aliphatic rings. The van der Waals surface area contributed by atoms with Gasteiger partial charge in [-0.15, -0.1) is 0 Å². The van der Waals surface area contributed by atoms with Gasteiger partial charge < -0.3 is 19.1 Å². The summed E-state index contributed by atoms with van der Waals surface area (Å²) in [7, 11) is 1.91. The van der Waals surface area contributed by atoms with Gasteiger partial charge in [-0.2, -0.15) is 0 Å². The fraction of sp³-hybridized carbons (Fsp3) is 0.474. The third kappa shape index (κ3) is 3.14. The summed E-state index contributed by atoms with van der Waals surface area (Å²) in [5.74, 6) is 0.110. The second-order valence-corrected chi connectivity index (χ2v) is 6.76. The SMILES string of the molecule is Cn1cccc1C(=O)N1CCC2OCCN(c3cccnc3)C2CC1. The topological polar surface area (TPSA) is 50.6 Å². The van der Waals surface area contributed by atoms with Crippen molar-refractivity contribution in [1.29, 1.82) is 0 Å². The summed E-state index contributed by atoms with van der Waals surface area (Å²) in [5.41, 5.74) is 1.89. The van der Waals surface area contributed by atoms with E-state index in [9.17, 15) is 4.79 Å². The van der Waals surface area contributed by atoms with Crippen LogP contribution in [0.5, 0.6) is 0 Å². The molecular weight excluding hydrogens is 316 g/mol. The van der Waals surface area contributed by atoms with Crippen LogP contribution < -0.4 is 4.90 Å². The van der Waals surface area contributed by atoms with Crippen molar-refractivity contribution in [3.05, 3.63) is 48.5 Å². The molecule has 2 aromatic heterocycles. The van der Waals surface area contributed by atoms with Crippen LogP contribution >= 0.6 is 0 Å². The second-order valence-electron chi connectivity index (χ2n) is 6.76. The van der Waals surface area contributed by atoms with Crippen molar-refractivity contribution in [2.45, 2.75) is 25.0 Å². The van der Waals surface area contributed by atoms with Crippen molar-refractivity contribution in [2.24, 2.45) is 7.05 Å². The highest BCUT2D eigenvalue weighted by Crippen LogP contribution is 2.28. The van der Waals surface area contributed by atoms with Gasteiger partial charge in [-0.05, 0) is 37.1 Å². The molecule has 1 amide bonds. The third-order valence-corrected chi connectivity index (χ3v) is 5.30. The van der Waals surface area contributed by atoms with E-state index < -0.39 is 0 Å². The Morgan fingerprint density at radius 2 is 2.08 bits per heavy atom. The molecule has 0 aromatic carbocycles. The summed E-state index contributed by atoms with van der Waals surface area (Å²) < 4.78 is 7.94. The number of anilines is 1. The van der Waals surface area contributed by atoms with E-state index >= 15 is 0 Å². The van der Waals surface area contributed by atoms with Crippen LogP contribution in [0.2, 0.25) is 0 Å². The largest absolute Gasteiger partial charge is 0.374 e. The number of carbonyl (C=O) groups is 1. The Morgan fingerprint density at radius 1 is 1.20 bits per heavy atom. The van der Waals surface area contributed by atoms with Gasteiger partial charge >= 0.3 is 0 Å². The van der Waals surface area contributed by atoms with Crippen LogP contribution in [0.15, 0.2) is 42.9 Å².